The molecule has 0 bridgehead atoms. The van der Waals surface area contributed by atoms with Crippen LogP contribution in [0.15, 0.2) is 66.2 Å². The van der Waals surface area contributed by atoms with Crippen molar-refractivity contribution in [2.24, 2.45) is 0 Å². The first-order valence-electron chi connectivity index (χ1n) is 11.0. The fraction of sp³-hybridized carbons (Fsp3) is 0.179. The van der Waals surface area contributed by atoms with E-state index in [0.717, 1.165) is 16.7 Å². The second kappa shape index (κ2) is 11.5. The van der Waals surface area contributed by atoms with E-state index in [4.69, 9.17) is 9.47 Å². The van der Waals surface area contributed by atoms with Gasteiger partial charge in [0.1, 0.15) is 23.1 Å². The zero-order chi connectivity index (χ0) is 25.4. The number of hydrogen-bond acceptors (Lipinski definition) is 5. The van der Waals surface area contributed by atoms with Gasteiger partial charge >= 0.3 is 0 Å². The van der Waals surface area contributed by atoms with Gasteiger partial charge in [-0.05, 0) is 68.3 Å². The van der Waals surface area contributed by atoms with Crippen LogP contribution < -0.4 is 20.1 Å². The largest absolute Gasteiger partial charge is 0.497 e. The van der Waals surface area contributed by atoms with E-state index in [1.54, 1.807) is 30.3 Å². The Morgan fingerprint density at radius 1 is 0.971 bits per heavy atom. The van der Waals surface area contributed by atoms with Crippen molar-refractivity contribution in [2.75, 3.05) is 24.4 Å². The van der Waals surface area contributed by atoms with Crippen LogP contribution in [0.4, 0.5) is 11.4 Å². The predicted octanol–water partition coefficient (Wildman–Crippen LogP) is 5.18. The fourth-order valence-corrected chi connectivity index (χ4v) is 3.40. The molecule has 35 heavy (non-hydrogen) atoms. The van der Waals surface area contributed by atoms with Crippen LogP contribution in [0.2, 0.25) is 0 Å². The molecule has 2 N–H and O–H groups in total. The highest BCUT2D eigenvalue weighted by atomic mass is 16.5. The van der Waals surface area contributed by atoms with Crippen molar-refractivity contribution in [1.29, 1.82) is 5.26 Å². The number of aryl methyl sites for hydroxylation is 3. The topological polar surface area (TPSA) is 100 Å². The average Bonchev–Trinajstić information content (AvgIpc) is 2.83. The van der Waals surface area contributed by atoms with E-state index >= 15 is 0 Å². The van der Waals surface area contributed by atoms with Crippen molar-refractivity contribution in [3.05, 3.63) is 88.5 Å². The smallest absolute Gasteiger partial charge is 0.266 e. The Kier molecular flexibility index (Phi) is 8.25. The molecule has 3 aromatic rings. The molecule has 0 saturated heterocycles. The summed E-state index contributed by atoms with van der Waals surface area (Å²) in [5, 5.41) is 15.2. The molecule has 2 amide bonds. The molecular formula is C28H27N3O4. The van der Waals surface area contributed by atoms with E-state index in [0.29, 0.717) is 28.4 Å². The Labute approximate surface area is 205 Å². The third-order valence-corrected chi connectivity index (χ3v) is 5.18. The van der Waals surface area contributed by atoms with Crippen LogP contribution in [-0.4, -0.2) is 25.5 Å². The lowest BCUT2D eigenvalue weighted by atomic mass is 10.1. The maximum Gasteiger partial charge on any atom is 0.266 e. The van der Waals surface area contributed by atoms with E-state index in [-0.39, 0.29) is 18.1 Å². The number of hydrogen-bond donors (Lipinski definition) is 2. The minimum absolute atomic E-state index is 0.107. The van der Waals surface area contributed by atoms with E-state index in [9.17, 15) is 14.9 Å². The first kappa shape index (κ1) is 25.1. The molecule has 0 heterocycles. The normalized spacial score (nSPS) is 10.8. The predicted molar refractivity (Wildman–Crippen MR) is 136 cm³/mol. The molecule has 0 fully saturated rings. The van der Waals surface area contributed by atoms with E-state index in [2.05, 4.69) is 10.6 Å². The number of nitrogens with zero attached hydrogens (tertiary/aromatic N) is 1. The fourth-order valence-electron chi connectivity index (χ4n) is 3.40. The molecule has 0 aliphatic carbocycles. The second-order valence-electron chi connectivity index (χ2n) is 8.05. The van der Waals surface area contributed by atoms with Gasteiger partial charge in [-0.1, -0.05) is 29.8 Å². The summed E-state index contributed by atoms with van der Waals surface area (Å²) < 4.78 is 11.0. The Hall–Kier alpha value is -4.57. The van der Waals surface area contributed by atoms with Gasteiger partial charge in [0.15, 0.2) is 6.61 Å². The van der Waals surface area contributed by atoms with Crippen molar-refractivity contribution in [1.82, 2.24) is 0 Å². The van der Waals surface area contributed by atoms with Gasteiger partial charge in [-0.3, -0.25) is 9.59 Å². The molecule has 0 unspecified atom stereocenters. The van der Waals surface area contributed by atoms with Crippen molar-refractivity contribution < 1.29 is 19.1 Å². The Morgan fingerprint density at radius 3 is 2.43 bits per heavy atom. The summed E-state index contributed by atoms with van der Waals surface area (Å²) in [7, 11) is 1.51. The molecule has 7 nitrogen and oxygen atoms in total. The van der Waals surface area contributed by atoms with Crippen LogP contribution >= 0.6 is 0 Å². The minimum atomic E-state index is -0.543. The highest BCUT2D eigenvalue weighted by molar-refractivity contribution is 6.10. The number of ether oxygens (including phenoxy) is 2. The maximum absolute atomic E-state index is 12.8. The highest BCUT2D eigenvalue weighted by Crippen LogP contribution is 2.27. The summed E-state index contributed by atoms with van der Waals surface area (Å²) in [5.74, 6) is -0.0786. The SMILES string of the molecule is COc1ccc(/C=C(\C#N)C(=O)Nc2ccc(C)cc2C)c(OCC(=O)Nc2cccc(C)c2)c1. The molecular weight excluding hydrogens is 442 g/mol. The van der Waals surface area contributed by atoms with Gasteiger partial charge < -0.3 is 20.1 Å². The van der Waals surface area contributed by atoms with E-state index in [1.165, 1.54) is 13.2 Å². The van der Waals surface area contributed by atoms with Crippen molar-refractivity contribution in [3.8, 4) is 17.6 Å². The molecule has 0 aliphatic heterocycles. The number of anilines is 2. The summed E-state index contributed by atoms with van der Waals surface area (Å²) in [6.07, 6.45) is 1.42. The van der Waals surface area contributed by atoms with Gasteiger partial charge in [0.25, 0.3) is 11.8 Å². The van der Waals surface area contributed by atoms with Crippen LogP contribution in [-0.2, 0) is 9.59 Å². The van der Waals surface area contributed by atoms with Crippen molar-refractivity contribution in [2.45, 2.75) is 20.8 Å². The van der Waals surface area contributed by atoms with Gasteiger partial charge in [0.05, 0.1) is 7.11 Å². The monoisotopic (exact) mass is 469 g/mol. The third-order valence-electron chi connectivity index (χ3n) is 5.18. The third kappa shape index (κ3) is 6.95. The quantitative estimate of drug-likeness (QED) is 0.350. The number of nitriles is 1. The van der Waals surface area contributed by atoms with Crippen LogP contribution in [0.3, 0.4) is 0 Å². The number of carbonyl (C=O) groups is 2. The Balaban J connectivity index is 1.79. The summed E-state index contributed by atoms with van der Waals surface area (Å²) in [6, 6.07) is 19.9. The lowest BCUT2D eigenvalue weighted by Gasteiger charge is -2.12. The van der Waals surface area contributed by atoms with E-state index < -0.39 is 5.91 Å². The van der Waals surface area contributed by atoms with Crippen LogP contribution in [0.1, 0.15) is 22.3 Å². The highest BCUT2D eigenvalue weighted by Gasteiger charge is 2.14. The number of rotatable bonds is 8. The zero-order valence-electron chi connectivity index (χ0n) is 20.1. The number of amides is 2. The molecule has 0 aromatic heterocycles. The average molecular weight is 470 g/mol. The maximum atomic E-state index is 12.8. The van der Waals surface area contributed by atoms with Crippen LogP contribution in [0, 0.1) is 32.1 Å². The molecule has 0 atom stereocenters. The van der Waals surface area contributed by atoms with Crippen molar-refractivity contribution in [3.63, 3.8) is 0 Å². The molecule has 178 valence electrons. The van der Waals surface area contributed by atoms with Crippen LogP contribution in [0.5, 0.6) is 11.5 Å². The molecule has 0 radical (unpaired) electrons. The van der Waals surface area contributed by atoms with Gasteiger partial charge in [-0.25, -0.2) is 0 Å². The molecule has 3 rings (SSSR count). The summed E-state index contributed by atoms with van der Waals surface area (Å²) in [6.45, 7) is 5.52. The summed E-state index contributed by atoms with van der Waals surface area (Å²) in [5.41, 5.74) is 4.63. The van der Waals surface area contributed by atoms with Crippen LogP contribution in [0.25, 0.3) is 6.08 Å². The number of nitrogens with one attached hydrogen (secondary N) is 2. The molecule has 3 aromatic carbocycles. The molecule has 0 aliphatic rings. The Bertz CT molecular complexity index is 1320. The lowest BCUT2D eigenvalue weighted by Crippen LogP contribution is -2.20. The number of benzene rings is 3. The molecule has 0 saturated carbocycles. The first-order valence-corrected chi connectivity index (χ1v) is 11.0. The molecule has 7 heteroatoms. The zero-order valence-corrected chi connectivity index (χ0v) is 20.1. The molecule has 0 spiro atoms. The van der Waals surface area contributed by atoms with Gasteiger partial charge in [0, 0.05) is 23.0 Å². The number of carbonyl (C=O) groups excluding carboxylic acids is 2. The number of methoxy groups -OCH3 is 1. The first-order chi connectivity index (χ1) is 16.8. The Morgan fingerprint density at radius 2 is 1.74 bits per heavy atom. The summed E-state index contributed by atoms with van der Waals surface area (Å²) >= 11 is 0. The van der Waals surface area contributed by atoms with Gasteiger partial charge in [0.2, 0.25) is 0 Å². The lowest BCUT2D eigenvalue weighted by molar-refractivity contribution is -0.118. The summed E-state index contributed by atoms with van der Waals surface area (Å²) in [4.78, 5) is 25.2. The standard InChI is InChI=1S/C28H27N3O4/c1-18-6-5-7-23(13-18)30-27(32)17-35-26-15-24(34-4)10-9-21(26)14-22(16-29)28(33)31-25-11-8-19(2)12-20(25)3/h5-15H,17H2,1-4H3,(H,30,32)(H,31,33)/b22-14+. The van der Waals surface area contributed by atoms with Gasteiger partial charge in [-0.15, -0.1) is 0 Å². The van der Waals surface area contributed by atoms with Gasteiger partial charge in [-0.2, -0.15) is 5.26 Å². The van der Waals surface area contributed by atoms with E-state index in [1.807, 2.05) is 57.2 Å². The van der Waals surface area contributed by atoms with Crippen molar-refractivity contribution >= 4 is 29.3 Å². The minimum Gasteiger partial charge on any atom is -0.497 e. The second-order valence-corrected chi connectivity index (χ2v) is 8.05.